The first-order chi connectivity index (χ1) is 6.50. The van der Waals surface area contributed by atoms with E-state index in [-0.39, 0.29) is 10.8 Å². The molecule has 1 rings (SSSR count). The summed E-state index contributed by atoms with van der Waals surface area (Å²) in [6.07, 6.45) is 0. The minimum Gasteiger partial charge on any atom is -0.300 e. The summed E-state index contributed by atoms with van der Waals surface area (Å²) in [5.41, 5.74) is 0.947. The molecule has 1 aromatic rings. The Morgan fingerprint density at radius 2 is 2.07 bits per heavy atom. The molecule has 0 unspecified atom stereocenters. The fraction of sp³-hybridized carbons (Fsp3) is 0.455. The van der Waals surface area contributed by atoms with Crippen LogP contribution >= 0.6 is 11.6 Å². The molecule has 78 valence electrons. The number of hydrogen-bond acceptors (Lipinski definition) is 1. The SMILES string of the molecule is CC(C)N(C)Cc1ccc(Cl)c(F)c1. The van der Waals surface area contributed by atoms with Crippen LogP contribution in [0.4, 0.5) is 4.39 Å². The second kappa shape index (κ2) is 4.76. The zero-order valence-corrected chi connectivity index (χ0v) is 9.48. The molecular weight excluding hydrogens is 201 g/mol. The van der Waals surface area contributed by atoms with Crippen molar-refractivity contribution in [1.29, 1.82) is 0 Å². The van der Waals surface area contributed by atoms with Crippen LogP contribution in [0.15, 0.2) is 18.2 Å². The summed E-state index contributed by atoms with van der Waals surface area (Å²) in [6.45, 7) is 4.95. The summed E-state index contributed by atoms with van der Waals surface area (Å²) in [4.78, 5) is 2.14. The Bertz CT molecular complexity index is 312. The van der Waals surface area contributed by atoms with Crippen LogP contribution in [0.2, 0.25) is 5.02 Å². The third-order valence-electron chi connectivity index (χ3n) is 2.30. The van der Waals surface area contributed by atoms with E-state index in [2.05, 4.69) is 18.7 Å². The number of hydrogen-bond donors (Lipinski definition) is 0. The maximum absolute atomic E-state index is 13.1. The average molecular weight is 216 g/mol. The van der Waals surface area contributed by atoms with E-state index in [1.54, 1.807) is 6.07 Å². The molecule has 0 radical (unpaired) electrons. The highest BCUT2D eigenvalue weighted by Crippen LogP contribution is 2.16. The molecule has 0 bridgehead atoms. The van der Waals surface area contributed by atoms with E-state index in [0.29, 0.717) is 6.04 Å². The normalized spacial score (nSPS) is 11.4. The molecule has 0 aromatic heterocycles. The van der Waals surface area contributed by atoms with E-state index < -0.39 is 0 Å². The summed E-state index contributed by atoms with van der Waals surface area (Å²) in [6, 6.07) is 5.39. The quantitative estimate of drug-likeness (QED) is 0.748. The molecule has 0 aliphatic heterocycles. The molecule has 0 aliphatic carbocycles. The number of benzene rings is 1. The van der Waals surface area contributed by atoms with E-state index in [4.69, 9.17) is 11.6 Å². The lowest BCUT2D eigenvalue weighted by molar-refractivity contribution is 0.265. The Kier molecular flexibility index (Phi) is 3.90. The highest BCUT2D eigenvalue weighted by atomic mass is 35.5. The molecule has 0 amide bonds. The van der Waals surface area contributed by atoms with Gasteiger partial charge in [0, 0.05) is 12.6 Å². The van der Waals surface area contributed by atoms with Crippen molar-refractivity contribution in [1.82, 2.24) is 4.90 Å². The van der Waals surface area contributed by atoms with Crippen molar-refractivity contribution in [3.05, 3.63) is 34.6 Å². The second-order valence-corrected chi connectivity index (χ2v) is 4.16. The van der Waals surface area contributed by atoms with Gasteiger partial charge in [0.25, 0.3) is 0 Å². The minimum atomic E-state index is -0.346. The molecule has 1 nitrogen and oxygen atoms in total. The summed E-state index contributed by atoms with van der Waals surface area (Å²) in [5, 5.41) is 0.181. The lowest BCUT2D eigenvalue weighted by Gasteiger charge is -2.20. The zero-order valence-electron chi connectivity index (χ0n) is 8.72. The molecule has 0 fully saturated rings. The van der Waals surface area contributed by atoms with Gasteiger partial charge in [-0.1, -0.05) is 17.7 Å². The van der Waals surface area contributed by atoms with Gasteiger partial charge in [-0.15, -0.1) is 0 Å². The number of rotatable bonds is 3. The van der Waals surface area contributed by atoms with Gasteiger partial charge in [0.15, 0.2) is 0 Å². The molecular formula is C11H15ClFN. The topological polar surface area (TPSA) is 3.24 Å². The Hall–Kier alpha value is -0.600. The first-order valence-electron chi connectivity index (χ1n) is 4.65. The fourth-order valence-corrected chi connectivity index (χ4v) is 1.23. The van der Waals surface area contributed by atoms with Gasteiger partial charge in [-0.3, -0.25) is 4.90 Å². The smallest absolute Gasteiger partial charge is 0.142 e. The van der Waals surface area contributed by atoms with E-state index in [1.807, 2.05) is 13.1 Å². The van der Waals surface area contributed by atoms with Crippen LogP contribution in [-0.2, 0) is 6.54 Å². The summed E-state index contributed by atoms with van der Waals surface area (Å²) < 4.78 is 13.1. The van der Waals surface area contributed by atoms with Crippen LogP contribution < -0.4 is 0 Å². The van der Waals surface area contributed by atoms with Crippen LogP contribution in [-0.4, -0.2) is 18.0 Å². The van der Waals surface area contributed by atoms with Gasteiger partial charge in [0.1, 0.15) is 5.82 Å². The first kappa shape index (κ1) is 11.5. The van der Waals surface area contributed by atoms with Crippen molar-refractivity contribution >= 4 is 11.6 Å². The minimum absolute atomic E-state index is 0.181. The zero-order chi connectivity index (χ0) is 10.7. The highest BCUT2D eigenvalue weighted by molar-refractivity contribution is 6.30. The lowest BCUT2D eigenvalue weighted by Crippen LogP contribution is -2.25. The van der Waals surface area contributed by atoms with Gasteiger partial charge in [0.2, 0.25) is 0 Å². The standard InChI is InChI=1S/C11H15ClFN/c1-8(2)14(3)7-9-4-5-10(12)11(13)6-9/h4-6,8H,7H2,1-3H3. The van der Waals surface area contributed by atoms with E-state index in [0.717, 1.165) is 12.1 Å². The second-order valence-electron chi connectivity index (χ2n) is 3.76. The number of nitrogens with zero attached hydrogens (tertiary/aromatic N) is 1. The predicted octanol–water partition coefficient (Wildman–Crippen LogP) is 3.32. The summed E-state index contributed by atoms with van der Waals surface area (Å²) in [7, 11) is 2.01. The Balaban J connectivity index is 2.73. The molecule has 1 aromatic carbocycles. The molecule has 3 heteroatoms. The van der Waals surface area contributed by atoms with Gasteiger partial charge in [-0.2, -0.15) is 0 Å². The Labute approximate surface area is 89.5 Å². The maximum Gasteiger partial charge on any atom is 0.142 e. The average Bonchev–Trinajstić information content (AvgIpc) is 2.11. The monoisotopic (exact) mass is 215 g/mol. The lowest BCUT2D eigenvalue weighted by atomic mass is 10.2. The van der Waals surface area contributed by atoms with Crippen molar-refractivity contribution in [3.63, 3.8) is 0 Å². The third-order valence-corrected chi connectivity index (χ3v) is 2.60. The molecule has 0 aliphatic rings. The molecule has 0 atom stereocenters. The van der Waals surface area contributed by atoms with Crippen molar-refractivity contribution in [2.75, 3.05) is 7.05 Å². The predicted molar refractivity (Wildman–Crippen MR) is 58.0 cm³/mol. The highest BCUT2D eigenvalue weighted by Gasteiger charge is 2.06. The van der Waals surface area contributed by atoms with Gasteiger partial charge in [-0.05, 0) is 38.6 Å². The molecule has 0 saturated carbocycles. The van der Waals surface area contributed by atoms with E-state index in [1.165, 1.54) is 6.07 Å². The third kappa shape index (κ3) is 2.96. The molecule has 0 saturated heterocycles. The van der Waals surface area contributed by atoms with Crippen molar-refractivity contribution in [3.8, 4) is 0 Å². The van der Waals surface area contributed by atoms with Crippen LogP contribution in [0.3, 0.4) is 0 Å². The summed E-state index contributed by atoms with van der Waals surface area (Å²) in [5.74, 6) is -0.346. The van der Waals surface area contributed by atoms with Gasteiger partial charge in [0.05, 0.1) is 5.02 Å². The van der Waals surface area contributed by atoms with Crippen LogP contribution in [0.25, 0.3) is 0 Å². The molecule has 14 heavy (non-hydrogen) atoms. The Morgan fingerprint density at radius 3 is 2.57 bits per heavy atom. The van der Waals surface area contributed by atoms with Gasteiger partial charge >= 0.3 is 0 Å². The van der Waals surface area contributed by atoms with Crippen LogP contribution in [0.5, 0.6) is 0 Å². The maximum atomic E-state index is 13.1. The van der Waals surface area contributed by atoms with Crippen molar-refractivity contribution in [2.24, 2.45) is 0 Å². The largest absolute Gasteiger partial charge is 0.300 e. The van der Waals surface area contributed by atoms with Crippen LogP contribution in [0, 0.1) is 5.82 Å². The first-order valence-corrected chi connectivity index (χ1v) is 5.02. The molecule has 0 heterocycles. The molecule has 0 N–H and O–H groups in total. The van der Waals surface area contributed by atoms with Crippen molar-refractivity contribution < 1.29 is 4.39 Å². The van der Waals surface area contributed by atoms with E-state index >= 15 is 0 Å². The van der Waals surface area contributed by atoms with Gasteiger partial charge in [-0.25, -0.2) is 4.39 Å². The van der Waals surface area contributed by atoms with Crippen LogP contribution in [0.1, 0.15) is 19.4 Å². The molecule has 0 spiro atoms. The van der Waals surface area contributed by atoms with Crippen molar-refractivity contribution in [2.45, 2.75) is 26.4 Å². The van der Waals surface area contributed by atoms with E-state index in [9.17, 15) is 4.39 Å². The number of halogens is 2. The summed E-state index contributed by atoms with van der Waals surface area (Å²) >= 11 is 5.59. The Morgan fingerprint density at radius 1 is 1.43 bits per heavy atom. The van der Waals surface area contributed by atoms with Gasteiger partial charge < -0.3 is 0 Å². The fourth-order valence-electron chi connectivity index (χ4n) is 1.11.